The molecular formula is C22H30N2O2S. The Kier molecular flexibility index (Phi) is 7.72. The molecule has 3 rings (SSSR count). The third kappa shape index (κ3) is 5.81. The van der Waals surface area contributed by atoms with Gasteiger partial charge in [0.05, 0.1) is 12.6 Å². The number of rotatable bonds is 9. The van der Waals surface area contributed by atoms with Gasteiger partial charge < -0.3 is 10.1 Å². The highest BCUT2D eigenvalue weighted by molar-refractivity contribution is 7.10. The van der Waals surface area contributed by atoms with Crippen LogP contribution in [-0.4, -0.2) is 37.0 Å². The molecule has 146 valence electrons. The number of likely N-dealkylation sites (tertiary alicyclic amines) is 1. The third-order valence-corrected chi connectivity index (χ3v) is 6.00. The van der Waals surface area contributed by atoms with Gasteiger partial charge in [0.1, 0.15) is 5.75 Å². The van der Waals surface area contributed by atoms with Crippen LogP contribution < -0.4 is 10.1 Å². The van der Waals surface area contributed by atoms with Crippen molar-refractivity contribution in [1.29, 1.82) is 0 Å². The molecule has 2 heterocycles. The first-order valence-electron chi connectivity index (χ1n) is 10.1. The number of piperidine rings is 1. The van der Waals surface area contributed by atoms with E-state index >= 15 is 0 Å². The van der Waals surface area contributed by atoms with Gasteiger partial charge in [0.25, 0.3) is 5.91 Å². The van der Waals surface area contributed by atoms with Crippen molar-refractivity contribution >= 4 is 17.2 Å². The number of nitrogens with zero attached hydrogens (tertiary/aromatic N) is 1. The first-order chi connectivity index (χ1) is 13.3. The summed E-state index contributed by atoms with van der Waals surface area (Å²) in [6.07, 6.45) is 5.92. The van der Waals surface area contributed by atoms with Crippen molar-refractivity contribution in [2.45, 2.75) is 45.1 Å². The van der Waals surface area contributed by atoms with Crippen molar-refractivity contribution in [3.63, 3.8) is 0 Å². The van der Waals surface area contributed by atoms with Gasteiger partial charge in [0, 0.05) is 17.0 Å². The van der Waals surface area contributed by atoms with E-state index in [1.807, 2.05) is 24.3 Å². The molecule has 1 aliphatic rings. The smallest absolute Gasteiger partial charge is 0.251 e. The maximum Gasteiger partial charge on any atom is 0.251 e. The maximum atomic E-state index is 12.7. The van der Waals surface area contributed by atoms with Gasteiger partial charge >= 0.3 is 0 Å². The SMILES string of the molecule is CCCCOc1cccc(C(=O)NCC(c2cccs2)N2CCCCC2)c1. The standard InChI is InChI=1S/C22H30N2O2S/c1-2-3-14-26-19-10-7-9-18(16-19)22(25)23-17-20(21-11-8-15-27-21)24-12-5-4-6-13-24/h7-11,15-16,20H,2-6,12-14,17H2,1H3,(H,23,25). The summed E-state index contributed by atoms with van der Waals surface area (Å²) in [6, 6.07) is 12.0. The largest absolute Gasteiger partial charge is 0.494 e. The highest BCUT2D eigenvalue weighted by atomic mass is 32.1. The lowest BCUT2D eigenvalue weighted by Crippen LogP contribution is -2.40. The summed E-state index contributed by atoms with van der Waals surface area (Å²) in [6.45, 7) is 5.69. The molecule has 4 nitrogen and oxygen atoms in total. The van der Waals surface area contributed by atoms with Crippen molar-refractivity contribution in [3.05, 3.63) is 52.2 Å². The minimum absolute atomic E-state index is 0.0329. The number of hydrogen-bond donors (Lipinski definition) is 1. The van der Waals surface area contributed by atoms with Gasteiger partial charge in [-0.3, -0.25) is 9.69 Å². The second kappa shape index (κ2) is 10.5. The molecule has 1 aromatic heterocycles. The molecule has 0 saturated carbocycles. The number of nitrogens with one attached hydrogen (secondary N) is 1. The molecule has 0 radical (unpaired) electrons. The van der Waals surface area contributed by atoms with Gasteiger partial charge in [0.2, 0.25) is 0 Å². The summed E-state index contributed by atoms with van der Waals surface area (Å²) in [5.74, 6) is 0.733. The van der Waals surface area contributed by atoms with Crippen molar-refractivity contribution < 1.29 is 9.53 Å². The van der Waals surface area contributed by atoms with Crippen LogP contribution in [0.5, 0.6) is 5.75 Å². The average Bonchev–Trinajstić information content (AvgIpc) is 3.24. The van der Waals surface area contributed by atoms with E-state index in [9.17, 15) is 4.79 Å². The van der Waals surface area contributed by atoms with Gasteiger partial charge in [-0.1, -0.05) is 31.9 Å². The Morgan fingerprint density at radius 2 is 2.07 bits per heavy atom. The molecule has 1 saturated heterocycles. The molecule has 1 atom stereocenters. The first-order valence-corrected chi connectivity index (χ1v) is 10.9. The Hall–Kier alpha value is -1.85. The van der Waals surface area contributed by atoms with Crippen molar-refractivity contribution in [2.24, 2.45) is 0 Å². The monoisotopic (exact) mass is 386 g/mol. The molecule has 1 aromatic carbocycles. The lowest BCUT2D eigenvalue weighted by Gasteiger charge is -2.34. The van der Waals surface area contributed by atoms with E-state index in [4.69, 9.17) is 4.74 Å². The second-order valence-electron chi connectivity index (χ2n) is 7.07. The summed E-state index contributed by atoms with van der Waals surface area (Å²) in [5, 5.41) is 5.27. The Balaban J connectivity index is 1.61. The van der Waals surface area contributed by atoms with E-state index in [2.05, 4.69) is 34.7 Å². The minimum atomic E-state index is -0.0329. The van der Waals surface area contributed by atoms with E-state index in [1.54, 1.807) is 11.3 Å². The molecule has 1 amide bonds. The number of hydrogen-bond acceptors (Lipinski definition) is 4. The van der Waals surface area contributed by atoms with Crippen LogP contribution in [0, 0.1) is 0 Å². The van der Waals surface area contributed by atoms with Crippen molar-refractivity contribution in [1.82, 2.24) is 10.2 Å². The molecule has 1 N–H and O–H groups in total. The van der Waals surface area contributed by atoms with Gasteiger partial charge in [-0.15, -0.1) is 11.3 Å². The Morgan fingerprint density at radius 3 is 2.81 bits per heavy atom. The van der Waals surface area contributed by atoms with Gasteiger partial charge in [-0.2, -0.15) is 0 Å². The number of carbonyl (C=O) groups excluding carboxylic acids is 1. The van der Waals surface area contributed by atoms with Crippen molar-refractivity contribution in [3.8, 4) is 5.75 Å². The van der Waals surface area contributed by atoms with Crippen molar-refractivity contribution in [2.75, 3.05) is 26.2 Å². The molecule has 5 heteroatoms. The number of thiophene rings is 1. The maximum absolute atomic E-state index is 12.7. The van der Waals surface area contributed by atoms with Crippen LogP contribution in [0.1, 0.15) is 60.3 Å². The molecule has 1 aliphatic heterocycles. The number of unbranched alkanes of at least 4 members (excludes halogenated alkanes) is 1. The zero-order chi connectivity index (χ0) is 18.9. The molecule has 27 heavy (non-hydrogen) atoms. The summed E-state index contributed by atoms with van der Waals surface area (Å²) >= 11 is 1.77. The highest BCUT2D eigenvalue weighted by Crippen LogP contribution is 2.27. The van der Waals surface area contributed by atoms with E-state index in [1.165, 1.54) is 24.1 Å². The van der Waals surface area contributed by atoms with E-state index < -0.39 is 0 Å². The highest BCUT2D eigenvalue weighted by Gasteiger charge is 2.23. The molecule has 1 unspecified atom stereocenters. The molecular weight excluding hydrogens is 356 g/mol. The van der Waals surface area contributed by atoms with Crippen LogP contribution in [0.3, 0.4) is 0 Å². The summed E-state index contributed by atoms with van der Waals surface area (Å²) in [5.41, 5.74) is 0.660. The van der Waals surface area contributed by atoms with Crippen LogP contribution >= 0.6 is 11.3 Å². The number of carbonyl (C=O) groups is 1. The topological polar surface area (TPSA) is 41.6 Å². The quantitative estimate of drug-likeness (QED) is 0.624. The zero-order valence-corrected chi connectivity index (χ0v) is 17.0. The Morgan fingerprint density at radius 1 is 1.22 bits per heavy atom. The molecule has 0 aliphatic carbocycles. The number of benzene rings is 1. The van der Waals surface area contributed by atoms with Crippen LogP contribution in [0.25, 0.3) is 0 Å². The predicted octanol–water partition coefficient (Wildman–Crippen LogP) is 4.88. The Labute approximate surface area is 166 Å². The van der Waals surface area contributed by atoms with Crippen LogP contribution in [0.2, 0.25) is 0 Å². The fourth-order valence-electron chi connectivity index (χ4n) is 3.47. The normalized spacial score (nSPS) is 16.0. The molecule has 0 bridgehead atoms. The fourth-order valence-corrected chi connectivity index (χ4v) is 4.33. The first kappa shape index (κ1) is 19.9. The van der Waals surface area contributed by atoms with E-state index in [-0.39, 0.29) is 11.9 Å². The third-order valence-electron chi connectivity index (χ3n) is 5.02. The van der Waals surface area contributed by atoms with Gasteiger partial charge in [-0.05, 0) is 62.0 Å². The van der Waals surface area contributed by atoms with E-state index in [0.29, 0.717) is 18.7 Å². The summed E-state index contributed by atoms with van der Waals surface area (Å²) in [7, 11) is 0. The summed E-state index contributed by atoms with van der Waals surface area (Å²) in [4.78, 5) is 16.5. The average molecular weight is 387 g/mol. The number of amides is 1. The van der Waals surface area contributed by atoms with Gasteiger partial charge in [-0.25, -0.2) is 0 Å². The van der Waals surface area contributed by atoms with Crippen LogP contribution in [-0.2, 0) is 0 Å². The minimum Gasteiger partial charge on any atom is -0.494 e. The number of ether oxygens (including phenoxy) is 1. The lowest BCUT2D eigenvalue weighted by atomic mass is 10.1. The zero-order valence-electron chi connectivity index (χ0n) is 16.2. The lowest BCUT2D eigenvalue weighted by molar-refractivity contribution is 0.0925. The van der Waals surface area contributed by atoms with Crippen LogP contribution in [0.4, 0.5) is 0 Å². The second-order valence-corrected chi connectivity index (χ2v) is 8.05. The molecule has 2 aromatic rings. The molecule has 1 fully saturated rings. The van der Waals surface area contributed by atoms with E-state index in [0.717, 1.165) is 31.7 Å². The molecule has 0 spiro atoms. The Bertz CT molecular complexity index is 696. The fraction of sp³-hybridized carbons (Fsp3) is 0.500. The predicted molar refractivity (Wildman–Crippen MR) is 112 cm³/mol. The summed E-state index contributed by atoms with van der Waals surface area (Å²) < 4.78 is 5.73. The van der Waals surface area contributed by atoms with Gasteiger partial charge in [0.15, 0.2) is 0 Å². The van der Waals surface area contributed by atoms with Crippen LogP contribution in [0.15, 0.2) is 41.8 Å².